The van der Waals surface area contributed by atoms with Crippen molar-refractivity contribution in [3.05, 3.63) is 34.9 Å². The van der Waals surface area contributed by atoms with Gasteiger partial charge < -0.3 is 9.64 Å². The van der Waals surface area contributed by atoms with Crippen LogP contribution in [-0.4, -0.2) is 37.6 Å². The minimum Gasteiger partial charge on any atom is -0.384 e. The van der Waals surface area contributed by atoms with E-state index in [2.05, 4.69) is 0 Å². The molecule has 1 aromatic carbocycles. The summed E-state index contributed by atoms with van der Waals surface area (Å²) in [6.07, 6.45) is 1.25. The van der Waals surface area contributed by atoms with Crippen LogP contribution in [0.5, 0.6) is 0 Å². The molecule has 0 bridgehead atoms. The van der Waals surface area contributed by atoms with Crippen LogP contribution in [0.15, 0.2) is 24.3 Å². The molecular formula is C14H20ClNO2. The number of amides is 1. The predicted molar refractivity (Wildman–Crippen MR) is 73.9 cm³/mol. The fourth-order valence-corrected chi connectivity index (χ4v) is 1.84. The van der Waals surface area contributed by atoms with E-state index in [1.807, 2.05) is 38.2 Å². The maximum absolute atomic E-state index is 11.8. The largest absolute Gasteiger partial charge is 0.384 e. The van der Waals surface area contributed by atoms with Gasteiger partial charge in [0.05, 0.1) is 13.0 Å². The second-order valence-electron chi connectivity index (χ2n) is 4.43. The highest BCUT2D eigenvalue weighted by molar-refractivity contribution is 6.30. The van der Waals surface area contributed by atoms with E-state index >= 15 is 0 Å². The summed E-state index contributed by atoms with van der Waals surface area (Å²) < 4.78 is 4.91. The zero-order chi connectivity index (χ0) is 13.5. The molecule has 0 saturated carbocycles. The number of ether oxygens (including phenoxy) is 1. The Morgan fingerprint density at radius 2 is 2.00 bits per heavy atom. The third kappa shape index (κ3) is 4.67. The summed E-state index contributed by atoms with van der Waals surface area (Å²) in [4.78, 5) is 13.6. The van der Waals surface area contributed by atoms with Gasteiger partial charge in [-0.1, -0.05) is 23.7 Å². The average Bonchev–Trinajstić information content (AvgIpc) is 2.37. The highest BCUT2D eigenvalue weighted by Crippen LogP contribution is 2.13. The molecule has 1 rings (SSSR count). The second kappa shape index (κ2) is 7.39. The number of halogens is 1. The van der Waals surface area contributed by atoms with E-state index in [0.29, 0.717) is 13.0 Å². The van der Waals surface area contributed by atoms with E-state index in [1.165, 1.54) is 5.56 Å². The molecule has 0 N–H and O–H groups in total. The lowest BCUT2D eigenvalue weighted by atomic mass is 10.1. The first-order valence-corrected chi connectivity index (χ1v) is 6.41. The van der Waals surface area contributed by atoms with Crippen molar-refractivity contribution in [1.82, 2.24) is 4.90 Å². The molecule has 0 aliphatic heterocycles. The first-order chi connectivity index (χ1) is 8.54. The standard InChI is InChI=1S/C14H20ClNO2/c1-11(16(2)14(17)8-9-18-3)10-12-4-6-13(15)7-5-12/h4-7,11H,8-10H2,1-3H3. The van der Waals surface area contributed by atoms with Gasteiger partial charge in [-0.2, -0.15) is 0 Å². The van der Waals surface area contributed by atoms with Gasteiger partial charge in [-0.25, -0.2) is 0 Å². The van der Waals surface area contributed by atoms with Crippen LogP contribution in [0.3, 0.4) is 0 Å². The molecular weight excluding hydrogens is 250 g/mol. The first-order valence-electron chi connectivity index (χ1n) is 6.03. The van der Waals surface area contributed by atoms with Crippen molar-refractivity contribution in [2.75, 3.05) is 20.8 Å². The minimum absolute atomic E-state index is 0.110. The Balaban J connectivity index is 2.51. The molecule has 1 aromatic rings. The van der Waals surface area contributed by atoms with Gasteiger partial charge in [0, 0.05) is 25.2 Å². The first kappa shape index (κ1) is 15.0. The second-order valence-corrected chi connectivity index (χ2v) is 4.86. The van der Waals surface area contributed by atoms with Crippen LogP contribution in [0.4, 0.5) is 0 Å². The zero-order valence-electron chi connectivity index (χ0n) is 11.1. The Kier molecular flexibility index (Phi) is 6.16. The van der Waals surface area contributed by atoms with Crippen LogP contribution in [0.2, 0.25) is 5.02 Å². The van der Waals surface area contributed by atoms with Crippen molar-refractivity contribution in [1.29, 1.82) is 0 Å². The van der Waals surface area contributed by atoms with Gasteiger partial charge >= 0.3 is 0 Å². The van der Waals surface area contributed by atoms with Crippen LogP contribution >= 0.6 is 11.6 Å². The molecule has 0 radical (unpaired) electrons. The molecule has 0 aliphatic rings. The molecule has 18 heavy (non-hydrogen) atoms. The van der Waals surface area contributed by atoms with Crippen LogP contribution in [0.25, 0.3) is 0 Å². The van der Waals surface area contributed by atoms with Gasteiger partial charge in [-0.05, 0) is 31.0 Å². The number of benzene rings is 1. The lowest BCUT2D eigenvalue weighted by Gasteiger charge is -2.25. The third-order valence-electron chi connectivity index (χ3n) is 3.02. The van der Waals surface area contributed by atoms with E-state index in [9.17, 15) is 4.79 Å². The topological polar surface area (TPSA) is 29.5 Å². The molecule has 0 fully saturated rings. The van der Waals surface area contributed by atoms with Crippen molar-refractivity contribution in [2.45, 2.75) is 25.8 Å². The van der Waals surface area contributed by atoms with Gasteiger partial charge in [0.15, 0.2) is 0 Å². The Bertz CT molecular complexity index is 378. The van der Waals surface area contributed by atoms with E-state index in [1.54, 1.807) is 12.0 Å². The van der Waals surface area contributed by atoms with E-state index in [-0.39, 0.29) is 11.9 Å². The number of nitrogens with zero attached hydrogens (tertiary/aromatic N) is 1. The van der Waals surface area contributed by atoms with Crippen molar-refractivity contribution in [3.8, 4) is 0 Å². The Morgan fingerprint density at radius 3 is 2.56 bits per heavy atom. The van der Waals surface area contributed by atoms with E-state index in [4.69, 9.17) is 16.3 Å². The van der Waals surface area contributed by atoms with Crippen LogP contribution < -0.4 is 0 Å². The summed E-state index contributed by atoms with van der Waals surface area (Å²) in [7, 11) is 3.43. The zero-order valence-corrected chi connectivity index (χ0v) is 11.9. The highest BCUT2D eigenvalue weighted by Gasteiger charge is 2.15. The highest BCUT2D eigenvalue weighted by atomic mass is 35.5. The maximum atomic E-state index is 11.8. The van der Waals surface area contributed by atoms with Crippen LogP contribution in [0, 0.1) is 0 Å². The molecule has 3 nitrogen and oxygen atoms in total. The number of carbonyl (C=O) groups excluding carboxylic acids is 1. The molecule has 0 aromatic heterocycles. The smallest absolute Gasteiger partial charge is 0.224 e. The number of likely N-dealkylation sites (N-methyl/N-ethyl adjacent to an activating group) is 1. The normalized spacial score (nSPS) is 12.2. The van der Waals surface area contributed by atoms with Crippen LogP contribution in [0.1, 0.15) is 18.9 Å². The van der Waals surface area contributed by atoms with Crippen molar-refractivity contribution in [3.63, 3.8) is 0 Å². The molecule has 0 saturated heterocycles. The quantitative estimate of drug-likeness (QED) is 0.795. The Hall–Kier alpha value is -1.06. The third-order valence-corrected chi connectivity index (χ3v) is 3.27. The lowest BCUT2D eigenvalue weighted by Crippen LogP contribution is -2.36. The maximum Gasteiger partial charge on any atom is 0.224 e. The van der Waals surface area contributed by atoms with Gasteiger partial charge in [-0.15, -0.1) is 0 Å². The van der Waals surface area contributed by atoms with Gasteiger partial charge in [0.1, 0.15) is 0 Å². The number of methoxy groups -OCH3 is 1. The average molecular weight is 270 g/mol. The number of carbonyl (C=O) groups is 1. The Labute approximate surface area is 114 Å². The SMILES string of the molecule is COCCC(=O)N(C)C(C)Cc1ccc(Cl)cc1. The van der Waals surface area contributed by atoms with Crippen molar-refractivity contribution in [2.24, 2.45) is 0 Å². The van der Waals surface area contributed by atoms with E-state index < -0.39 is 0 Å². The molecule has 0 aliphatic carbocycles. The number of rotatable bonds is 6. The molecule has 4 heteroatoms. The number of hydrogen-bond acceptors (Lipinski definition) is 2. The summed E-state index contributed by atoms with van der Waals surface area (Å²) >= 11 is 5.84. The molecule has 1 amide bonds. The predicted octanol–water partition coefficient (Wildman–Crippen LogP) is 2.77. The molecule has 100 valence electrons. The van der Waals surface area contributed by atoms with Crippen molar-refractivity contribution < 1.29 is 9.53 Å². The summed E-state index contributed by atoms with van der Waals surface area (Å²) in [5.74, 6) is 0.110. The molecule has 1 atom stereocenters. The fraction of sp³-hybridized carbons (Fsp3) is 0.500. The fourth-order valence-electron chi connectivity index (χ4n) is 1.71. The van der Waals surface area contributed by atoms with Crippen LogP contribution in [-0.2, 0) is 16.0 Å². The Morgan fingerprint density at radius 1 is 1.39 bits per heavy atom. The summed E-state index contributed by atoms with van der Waals surface area (Å²) in [6.45, 7) is 2.51. The summed E-state index contributed by atoms with van der Waals surface area (Å²) in [5.41, 5.74) is 1.18. The van der Waals surface area contributed by atoms with Gasteiger partial charge in [0.2, 0.25) is 5.91 Å². The minimum atomic E-state index is 0.110. The van der Waals surface area contributed by atoms with Crippen molar-refractivity contribution >= 4 is 17.5 Å². The summed E-state index contributed by atoms with van der Waals surface area (Å²) in [6, 6.07) is 7.89. The van der Waals surface area contributed by atoms with E-state index in [0.717, 1.165) is 11.4 Å². The monoisotopic (exact) mass is 269 g/mol. The lowest BCUT2D eigenvalue weighted by molar-refractivity contribution is -0.132. The number of hydrogen-bond donors (Lipinski definition) is 0. The van der Waals surface area contributed by atoms with Gasteiger partial charge in [-0.3, -0.25) is 4.79 Å². The molecule has 0 heterocycles. The molecule has 1 unspecified atom stereocenters. The molecule has 0 spiro atoms. The summed E-state index contributed by atoms with van der Waals surface area (Å²) in [5, 5.41) is 0.732. The van der Waals surface area contributed by atoms with Gasteiger partial charge in [0.25, 0.3) is 0 Å².